The standard InChI is InChI=1S/C19H17F3N2O/c20-19(21,22)15-8-4-7-14-16-11-23-10-13(24(16)18(25)17(14)15)9-12-5-2-1-3-6-12/h1-8,13,23,25H,9-11H2/t13-/m0/s1. The number of nitrogens with zero attached hydrogens (tertiary/aromatic N) is 1. The number of halogens is 3. The largest absolute Gasteiger partial charge is 0.494 e. The van der Waals surface area contributed by atoms with E-state index in [1.165, 1.54) is 6.07 Å². The first kappa shape index (κ1) is 16.0. The highest BCUT2D eigenvalue weighted by Gasteiger charge is 2.36. The molecule has 0 unspecified atom stereocenters. The van der Waals surface area contributed by atoms with Gasteiger partial charge in [0, 0.05) is 24.2 Å². The molecule has 2 heterocycles. The van der Waals surface area contributed by atoms with Crippen LogP contribution in [0.4, 0.5) is 13.2 Å². The maximum Gasteiger partial charge on any atom is 0.417 e. The van der Waals surface area contributed by atoms with Gasteiger partial charge in [-0.3, -0.25) is 0 Å². The lowest BCUT2D eigenvalue weighted by Gasteiger charge is -2.28. The number of nitrogens with one attached hydrogen (secondary N) is 1. The zero-order chi connectivity index (χ0) is 17.6. The van der Waals surface area contributed by atoms with Gasteiger partial charge in [0.05, 0.1) is 17.0 Å². The summed E-state index contributed by atoms with van der Waals surface area (Å²) in [6, 6.07) is 13.7. The van der Waals surface area contributed by atoms with Crippen molar-refractivity contribution in [2.75, 3.05) is 6.54 Å². The van der Waals surface area contributed by atoms with E-state index in [2.05, 4.69) is 5.32 Å². The van der Waals surface area contributed by atoms with Crippen molar-refractivity contribution in [3.63, 3.8) is 0 Å². The molecule has 1 aliphatic rings. The van der Waals surface area contributed by atoms with E-state index >= 15 is 0 Å². The van der Waals surface area contributed by atoms with Crippen molar-refractivity contribution in [2.24, 2.45) is 0 Å². The predicted molar refractivity (Wildman–Crippen MR) is 89.5 cm³/mol. The molecule has 0 bridgehead atoms. The van der Waals surface area contributed by atoms with Crippen LogP contribution in [0.15, 0.2) is 48.5 Å². The van der Waals surface area contributed by atoms with Crippen molar-refractivity contribution in [3.05, 3.63) is 65.4 Å². The Bertz CT molecular complexity index is 916. The van der Waals surface area contributed by atoms with Crippen LogP contribution >= 0.6 is 0 Å². The van der Waals surface area contributed by atoms with Crippen LogP contribution in [-0.4, -0.2) is 16.2 Å². The van der Waals surface area contributed by atoms with Gasteiger partial charge in [-0.1, -0.05) is 42.5 Å². The summed E-state index contributed by atoms with van der Waals surface area (Å²) in [5.41, 5.74) is 0.990. The minimum Gasteiger partial charge on any atom is -0.494 e. The zero-order valence-corrected chi connectivity index (χ0v) is 13.3. The Morgan fingerprint density at radius 3 is 2.56 bits per heavy atom. The first-order valence-corrected chi connectivity index (χ1v) is 8.13. The lowest BCUT2D eigenvalue weighted by molar-refractivity contribution is -0.136. The first-order chi connectivity index (χ1) is 12.0. The second kappa shape index (κ2) is 5.81. The molecule has 0 aliphatic carbocycles. The lowest BCUT2D eigenvalue weighted by atomic mass is 10.0. The number of alkyl halides is 3. The van der Waals surface area contributed by atoms with Gasteiger partial charge in [0.25, 0.3) is 0 Å². The van der Waals surface area contributed by atoms with Gasteiger partial charge in [0.15, 0.2) is 5.88 Å². The summed E-state index contributed by atoms with van der Waals surface area (Å²) >= 11 is 0. The highest BCUT2D eigenvalue weighted by atomic mass is 19.4. The molecule has 0 saturated heterocycles. The van der Waals surface area contributed by atoms with Crippen molar-refractivity contribution in [1.82, 2.24) is 9.88 Å². The summed E-state index contributed by atoms with van der Waals surface area (Å²) in [4.78, 5) is 0. The van der Waals surface area contributed by atoms with E-state index in [1.54, 1.807) is 10.6 Å². The van der Waals surface area contributed by atoms with Crippen LogP contribution in [0.2, 0.25) is 0 Å². The number of aromatic nitrogens is 1. The average molecular weight is 346 g/mol. The van der Waals surface area contributed by atoms with Crippen molar-refractivity contribution < 1.29 is 18.3 Å². The minimum atomic E-state index is -4.50. The molecule has 2 N–H and O–H groups in total. The number of hydrogen-bond donors (Lipinski definition) is 2. The summed E-state index contributed by atoms with van der Waals surface area (Å²) in [6.45, 7) is 1.03. The molecule has 130 valence electrons. The summed E-state index contributed by atoms with van der Waals surface area (Å²) in [7, 11) is 0. The SMILES string of the molecule is Oc1c2c(C(F)(F)F)cccc2c2n1[C@@H](Cc1ccccc1)CNC2. The van der Waals surface area contributed by atoms with E-state index in [4.69, 9.17) is 0 Å². The van der Waals surface area contributed by atoms with Crippen molar-refractivity contribution >= 4 is 10.8 Å². The summed E-state index contributed by atoms with van der Waals surface area (Å²) < 4.78 is 41.8. The normalized spacial score (nSPS) is 17.6. The van der Waals surface area contributed by atoms with E-state index in [9.17, 15) is 18.3 Å². The Hall–Kier alpha value is -2.47. The van der Waals surface area contributed by atoms with Gasteiger partial charge < -0.3 is 15.0 Å². The molecule has 0 saturated carbocycles. The predicted octanol–water partition coefficient (Wildman–Crippen LogP) is 4.25. The number of hydrogen-bond acceptors (Lipinski definition) is 2. The van der Waals surface area contributed by atoms with E-state index in [-0.39, 0.29) is 17.3 Å². The Balaban J connectivity index is 1.87. The number of aromatic hydroxyl groups is 1. The van der Waals surface area contributed by atoms with E-state index in [0.717, 1.165) is 11.6 Å². The Morgan fingerprint density at radius 1 is 1.08 bits per heavy atom. The number of fused-ring (bicyclic) bond motifs is 3. The molecule has 25 heavy (non-hydrogen) atoms. The van der Waals surface area contributed by atoms with Crippen molar-refractivity contribution in [2.45, 2.75) is 25.2 Å². The van der Waals surface area contributed by atoms with Crippen LogP contribution < -0.4 is 5.32 Å². The van der Waals surface area contributed by atoms with Crippen LogP contribution in [0.5, 0.6) is 5.88 Å². The fourth-order valence-corrected chi connectivity index (χ4v) is 3.72. The molecule has 3 nitrogen and oxygen atoms in total. The third-order valence-corrected chi connectivity index (χ3v) is 4.78. The molecule has 0 spiro atoms. The van der Waals surface area contributed by atoms with Gasteiger partial charge in [0.2, 0.25) is 0 Å². The van der Waals surface area contributed by atoms with Crippen molar-refractivity contribution in [1.29, 1.82) is 0 Å². The topological polar surface area (TPSA) is 37.2 Å². The zero-order valence-electron chi connectivity index (χ0n) is 13.3. The van der Waals surface area contributed by atoms with Gasteiger partial charge in [-0.25, -0.2) is 0 Å². The molecule has 0 radical (unpaired) electrons. The molecular weight excluding hydrogens is 329 g/mol. The highest BCUT2D eigenvalue weighted by molar-refractivity contribution is 5.94. The van der Waals surface area contributed by atoms with E-state index < -0.39 is 11.7 Å². The monoisotopic (exact) mass is 346 g/mol. The number of benzene rings is 2. The lowest BCUT2D eigenvalue weighted by Crippen LogP contribution is -2.33. The Morgan fingerprint density at radius 2 is 1.84 bits per heavy atom. The molecule has 6 heteroatoms. The van der Waals surface area contributed by atoms with Gasteiger partial charge >= 0.3 is 6.18 Å². The summed E-state index contributed by atoms with van der Waals surface area (Å²) in [5.74, 6) is -0.291. The third kappa shape index (κ3) is 2.66. The molecule has 3 aromatic rings. The molecule has 1 aromatic heterocycles. The summed E-state index contributed by atoms with van der Waals surface area (Å²) in [6.07, 6.45) is -3.87. The second-order valence-corrected chi connectivity index (χ2v) is 6.34. The van der Waals surface area contributed by atoms with Gasteiger partial charge in [-0.05, 0) is 18.1 Å². The molecule has 0 amide bonds. The Labute approximate surface area is 142 Å². The van der Waals surface area contributed by atoms with E-state index in [1.807, 2.05) is 30.3 Å². The average Bonchev–Trinajstić information content (AvgIpc) is 2.89. The molecule has 0 fully saturated rings. The molecule has 1 atom stereocenters. The van der Waals surface area contributed by atoms with Gasteiger partial charge in [-0.15, -0.1) is 0 Å². The second-order valence-electron chi connectivity index (χ2n) is 6.34. The molecule has 4 rings (SSSR count). The highest BCUT2D eigenvalue weighted by Crippen LogP contribution is 2.43. The van der Waals surface area contributed by atoms with Gasteiger partial charge in [-0.2, -0.15) is 13.2 Å². The molecular formula is C19H17F3N2O. The maximum atomic E-state index is 13.4. The van der Waals surface area contributed by atoms with E-state index in [0.29, 0.717) is 30.6 Å². The van der Waals surface area contributed by atoms with Crippen LogP contribution in [-0.2, 0) is 19.1 Å². The van der Waals surface area contributed by atoms with Gasteiger partial charge in [0.1, 0.15) is 0 Å². The first-order valence-electron chi connectivity index (χ1n) is 8.13. The quantitative estimate of drug-likeness (QED) is 0.728. The third-order valence-electron chi connectivity index (χ3n) is 4.78. The van der Waals surface area contributed by atoms with Crippen molar-refractivity contribution in [3.8, 4) is 5.88 Å². The maximum absolute atomic E-state index is 13.4. The van der Waals surface area contributed by atoms with Crippen LogP contribution in [0.3, 0.4) is 0 Å². The molecule has 1 aliphatic heterocycles. The van der Waals surface area contributed by atoms with Crippen LogP contribution in [0.1, 0.15) is 22.9 Å². The Kier molecular flexibility index (Phi) is 3.72. The fraction of sp³-hybridized carbons (Fsp3) is 0.263. The van der Waals surface area contributed by atoms with Crippen LogP contribution in [0.25, 0.3) is 10.8 Å². The van der Waals surface area contributed by atoms with Crippen LogP contribution in [0, 0.1) is 0 Å². The number of rotatable bonds is 2. The molecule has 2 aromatic carbocycles. The summed E-state index contributed by atoms with van der Waals surface area (Å²) in [5, 5.41) is 14.3. The minimum absolute atomic E-state index is 0.105. The smallest absolute Gasteiger partial charge is 0.417 e. The fourth-order valence-electron chi connectivity index (χ4n) is 3.72.